The van der Waals surface area contributed by atoms with Crippen LogP contribution < -0.4 is 4.90 Å². The second kappa shape index (κ2) is 6.81. The van der Waals surface area contributed by atoms with E-state index in [0.29, 0.717) is 32.8 Å². The molecule has 0 aliphatic carbocycles. The normalized spacial score (nSPS) is 21.1. The molecule has 7 nitrogen and oxygen atoms in total. The molecule has 0 spiro atoms. The number of carbonyl (C=O) groups excluding carboxylic acids is 1. The zero-order valence-corrected chi connectivity index (χ0v) is 15.3. The first-order chi connectivity index (χ1) is 13.3. The Morgan fingerprint density at radius 1 is 1.11 bits per heavy atom. The van der Waals surface area contributed by atoms with E-state index >= 15 is 0 Å². The van der Waals surface area contributed by atoms with E-state index in [2.05, 4.69) is 20.4 Å². The molecule has 1 atom stereocenters. The van der Waals surface area contributed by atoms with Crippen LogP contribution in [-0.4, -0.2) is 64.6 Å². The van der Waals surface area contributed by atoms with Gasteiger partial charge in [0.2, 0.25) is 5.91 Å². The number of nitrogens with zero attached hydrogens (tertiary/aromatic N) is 5. The first-order valence-corrected chi connectivity index (χ1v) is 9.64. The van der Waals surface area contributed by atoms with Crippen LogP contribution in [0.15, 0.2) is 36.7 Å². The average molecular weight is 365 g/mol. The Morgan fingerprint density at radius 3 is 2.85 bits per heavy atom. The molecule has 5 rings (SSSR count). The van der Waals surface area contributed by atoms with Crippen molar-refractivity contribution in [1.82, 2.24) is 19.3 Å². The minimum atomic E-state index is 0.0214. The van der Waals surface area contributed by atoms with Crippen LogP contribution >= 0.6 is 0 Å². The van der Waals surface area contributed by atoms with Crippen molar-refractivity contribution in [3.05, 3.63) is 36.7 Å². The molecular formula is C20H23N5O2. The van der Waals surface area contributed by atoms with Crippen LogP contribution in [0.2, 0.25) is 0 Å². The highest BCUT2D eigenvalue weighted by atomic mass is 16.5. The number of piperidine rings is 1. The van der Waals surface area contributed by atoms with Crippen LogP contribution in [0.3, 0.4) is 0 Å². The molecule has 2 fully saturated rings. The molecule has 3 aromatic heterocycles. The quantitative estimate of drug-likeness (QED) is 0.695. The van der Waals surface area contributed by atoms with Crippen LogP contribution in [0.1, 0.15) is 12.8 Å². The molecule has 0 saturated carbocycles. The lowest BCUT2D eigenvalue weighted by Crippen LogP contribution is -2.48. The average Bonchev–Trinajstić information content (AvgIpc) is 3.23. The van der Waals surface area contributed by atoms with Gasteiger partial charge in [-0.05, 0) is 37.1 Å². The zero-order valence-electron chi connectivity index (χ0n) is 15.3. The number of amides is 1. The van der Waals surface area contributed by atoms with Crippen molar-refractivity contribution in [2.75, 3.05) is 44.3 Å². The maximum Gasteiger partial charge on any atom is 0.227 e. The fourth-order valence-electron chi connectivity index (χ4n) is 4.24. The number of morpholine rings is 1. The van der Waals surface area contributed by atoms with Gasteiger partial charge in [-0.2, -0.15) is 0 Å². The van der Waals surface area contributed by atoms with Crippen molar-refractivity contribution in [1.29, 1.82) is 0 Å². The van der Waals surface area contributed by atoms with E-state index in [9.17, 15) is 4.79 Å². The van der Waals surface area contributed by atoms with Crippen molar-refractivity contribution in [3.8, 4) is 0 Å². The fraction of sp³-hybridized carbons (Fsp3) is 0.450. The molecule has 2 aliphatic rings. The van der Waals surface area contributed by atoms with E-state index < -0.39 is 0 Å². The van der Waals surface area contributed by atoms with E-state index in [1.54, 1.807) is 6.20 Å². The van der Waals surface area contributed by atoms with Gasteiger partial charge in [0.1, 0.15) is 0 Å². The smallest absolute Gasteiger partial charge is 0.227 e. The number of fused-ring (bicyclic) bond motifs is 3. The Morgan fingerprint density at radius 2 is 1.96 bits per heavy atom. The summed E-state index contributed by atoms with van der Waals surface area (Å²) in [5.74, 6) is 1.20. The summed E-state index contributed by atoms with van der Waals surface area (Å²) in [7, 11) is 0. The zero-order chi connectivity index (χ0) is 18.2. The third-order valence-electron chi connectivity index (χ3n) is 5.61. The third-order valence-corrected chi connectivity index (χ3v) is 5.61. The van der Waals surface area contributed by atoms with Crippen LogP contribution in [-0.2, 0) is 9.53 Å². The van der Waals surface area contributed by atoms with Gasteiger partial charge in [-0.25, -0.2) is 9.97 Å². The minimum absolute atomic E-state index is 0.0214. The Kier molecular flexibility index (Phi) is 4.16. The number of anilines is 1. The van der Waals surface area contributed by atoms with Crippen LogP contribution in [0, 0.1) is 5.92 Å². The molecule has 0 N–H and O–H groups in total. The number of aromatic nitrogens is 3. The summed E-state index contributed by atoms with van der Waals surface area (Å²) in [5.41, 5.74) is 2.80. The first kappa shape index (κ1) is 16.5. The Balaban J connectivity index is 1.47. The minimum Gasteiger partial charge on any atom is -0.378 e. The molecule has 0 aromatic carbocycles. The van der Waals surface area contributed by atoms with Gasteiger partial charge in [-0.3, -0.25) is 4.79 Å². The molecule has 3 aromatic rings. The Hall–Kier alpha value is -2.67. The van der Waals surface area contributed by atoms with Gasteiger partial charge in [0.15, 0.2) is 11.5 Å². The van der Waals surface area contributed by atoms with Crippen LogP contribution in [0.5, 0.6) is 0 Å². The predicted molar refractivity (Wildman–Crippen MR) is 103 cm³/mol. The number of ether oxygens (including phenoxy) is 1. The highest BCUT2D eigenvalue weighted by Crippen LogP contribution is 2.29. The standard InChI is InChI=1S/C20H23N5O2/c26-20(23-10-12-27-13-11-23)15-4-2-8-24(14-15)19-17-6-3-9-25(17)16-5-1-7-21-18(16)22-19/h1,3,5-7,9,15H,2,4,8,10-14H2. The van der Waals surface area contributed by atoms with Gasteiger partial charge in [0, 0.05) is 38.6 Å². The topological polar surface area (TPSA) is 63.0 Å². The van der Waals surface area contributed by atoms with Crippen LogP contribution in [0.4, 0.5) is 5.82 Å². The molecule has 1 unspecified atom stereocenters. The number of pyridine rings is 1. The van der Waals surface area contributed by atoms with Gasteiger partial charge < -0.3 is 18.9 Å². The summed E-state index contributed by atoms with van der Waals surface area (Å²) < 4.78 is 7.52. The van der Waals surface area contributed by atoms with Gasteiger partial charge in [-0.1, -0.05) is 0 Å². The Labute approximate surface area is 157 Å². The summed E-state index contributed by atoms with van der Waals surface area (Å²) in [4.78, 5) is 26.5. The summed E-state index contributed by atoms with van der Waals surface area (Å²) in [5, 5.41) is 0. The maximum atomic E-state index is 13.0. The molecule has 0 radical (unpaired) electrons. The van der Waals surface area contributed by atoms with Crippen molar-refractivity contribution >= 4 is 28.4 Å². The van der Waals surface area contributed by atoms with Crippen molar-refractivity contribution in [3.63, 3.8) is 0 Å². The molecule has 2 saturated heterocycles. The van der Waals surface area contributed by atoms with E-state index in [4.69, 9.17) is 9.72 Å². The van der Waals surface area contributed by atoms with Gasteiger partial charge in [0.25, 0.3) is 0 Å². The molecular weight excluding hydrogens is 342 g/mol. The van der Waals surface area contributed by atoms with Crippen molar-refractivity contribution in [2.24, 2.45) is 5.92 Å². The fourth-order valence-corrected chi connectivity index (χ4v) is 4.24. The Bertz CT molecular complexity index is 979. The number of hydrogen-bond donors (Lipinski definition) is 0. The summed E-state index contributed by atoms with van der Waals surface area (Å²) in [6, 6.07) is 8.09. The third kappa shape index (κ3) is 2.92. The first-order valence-electron chi connectivity index (χ1n) is 9.64. The monoisotopic (exact) mass is 365 g/mol. The lowest BCUT2D eigenvalue weighted by molar-refractivity contribution is -0.139. The van der Waals surface area contributed by atoms with Gasteiger partial charge >= 0.3 is 0 Å². The van der Waals surface area contributed by atoms with Crippen molar-refractivity contribution < 1.29 is 9.53 Å². The van der Waals surface area contributed by atoms with E-state index in [0.717, 1.165) is 41.9 Å². The van der Waals surface area contributed by atoms with E-state index in [1.165, 1.54) is 0 Å². The molecule has 140 valence electrons. The predicted octanol–water partition coefficient (Wildman–Crippen LogP) is 1.96. The maximum absolute atomic E-state index is 13.0. The molecule has 5 heterocycles. The van der Waals surface area contributed by atoms with Crippen LogP contribution in [0.25, 0.3) is 16.7 Å². The largest absolute Gasteiger partial charge is 0.378 e. The molecule has 27 heavy (non-hydrogen) atoms. The lowest BCUT2D eigenvalue weighted by Gasteiger charge is -2.37. The van der Waals surface area contributed by atoms with Gasteiger partial charge in [0.05, 0.1) is 30.2 Å². The summed E-state index contributed by atoms with van der Waals surface area (Å²) >= 11 is 0. The summed E-state index contributed by atoms with van der Waals surface area (Å²) in [6.45, 7) is 4.32. The van der Waals surface area contributed by atoms with Gasteiger partial charge in [-0.15, -0.1) is 0 Å². The van der Waals surface area contributed by atoms with E-state index in [1.807, 2.05) is 29.3 Å². The number of rotatable bonds is 2. The molecule has 1 amide bonds. The SMILES string of the molecule is O=C(C1CCCN(c2nc3ncccc3n3cccc23)C1)N1CCOCC1. The molecule has 0 bridgehead atoms. The lowest BCUT2D eigenvalue weighted by atomic mass is 9.96. The molecule has 2 aliphatic heterocycles. The summed E-state index contributed by atoms with van der Waals surface area (Å²) in [6.07, 6.45) is 5.76. The number of carbonyl (C=O) groups is 1. The molecule has 7 heteroatoms. The van der Waals surface area contributed by atoms with E-state index in [-0.39, 0.29) is 11.8 Å². The highest BCUT2D eigenvalue weighted by Gasteiger charge is 2.31. The van der Waals surface area contributed by atoms with Crippen molar-refractivity contribution in [2.45, 2.75) is 12.8 Å². The second-order valence-electron chi connectivity index (χ2n) is 7.27. The highest BCUT2D eigenvalue weighted by molar-refractivity contribution is 5.84. The second-order valence-corrected chi connectivity index (χ2v) is 7.27. The number of hydrogen-bond acceptors (Lipinski definition) is 5.